The molecule has 0 fully saturated rings. The fraction of sp³-hybridized carbons (Fsp3) is 0.167. The fourth-order valence-electron chi connectivity index (χ4n) is 3.94. The second-order valence-corrected chi connectivity index (χ2v) is 7.19. The first kappa shape index (κ1) is 19.5. The Hall–Kier alpha value is -3.80. The maximum Gasteiger partial charge on any atom is 0.407 e. The zero-order chi connectivity index (χ0) is 21.1. The molecule has 30 heavy (non-hydrogen) atoms. The van der Waals surface area contributed by atoms with Crippen molar-refractivity contribution in [2.24, 2.45) is 0 Å². The Kier molecular flexibility index (Phi) is 5.39. The maximum absolute atomic E-state index is 12.5. The van der Waals surface area contributed by atoms with E-state index in [4.69, 9.17) is 4.74 Å². The summed E-state index contributed by atoms with van der Waals surface area (Å²) in [5.41, 5.74) is 4.87. The molecule has 0 saturated heterocycles. The van der Waals surface area contributed by atoms with Gasteiger partial charge in [0.15, 0.2) is 0 Å². The average Bonchev–Trinajstić information content (AvgIpc) is 3.05. The van der Waals surface area contributed by atoms with Gasteiger partial charge in [0.1, 0.15) is 12.4 Å². The van der Waals surface area contributed by atoms with Crippen LogP contribution in [0.1, 0.15) is 35.1 Å². The number of nitrogens with one attached hydrogen (secondary N) is 1. The zero-order valence-corrected chi connectivity index (χ0v) is 16.1. The summed E-state index contributed by atoms with van der Waals surface area (Å²) in [5.74, 6) is -1.43. The molecule has 0 bridgehead atoms. The van der Waals surface area contributed by atoms with Gasteiger partial charge in [-0.05, 0) is 39.9 Å². The van der Waals surface area contributed by atoms with Crippen molar-refractivity contribution in [2.45, 2.75) is 18.4 Å². The number of carbonyl (C=O) groups excluding carboxylic acids is 2. The lowest BCUT2D eigenvalue weighted by molar-refractivity contribution is -0.306. The van der Waals surface area contributed by atoms with Crippen LogP contribution in [0.25, 0.3) is 11.1 Å². The van der Waals surface area contributed by atoms with Crippen LogP contribution in [0.2, 0.25) is 0 Å². The lowest BCUT2D eigenvalue weighted by Crippen LogP contribution is -2.35. The van der Waals surface area contributed by atoms with Gasteiger partial charge in [0.2, 0.25) is 0 Å². The molecule has 3 aromatic rings. The SMILES string of the molecule is O=C([O-])C[C@H](NC(=O)OCC1c2ccccc2-c2ccccc21)c1cccc(O)c1. The summed E-state index contributed by atoms with van der Waals surface area (Å²) in [4.78, 5) is 23.6. The number of rotatable bonds is 6. The zero-order valence-electron chi connectivity index (χ0n) is 16.1. The summed E-state index contributed by atoms with van der Waals surface area (Å²) in [6.07, 6.45) is -1.17. The predicted molar refractivity (Wildman–Crippen MR) is 109 cm³/mol. The van der Waals surface area contributed by atoms with E-state index in [0.717, 1.165) is 22.3 Å². The van der Waals surface area contributed by atoms with Gasteiger partial charge in [0, 0.05) is 18.3 Å². The molecular formula is C24H20NO5-. The summed E-state index contributed by atoms with van der Waals surface area (Å²) >= 11 is 0. The number of aliphatic carboxylic acids is 1. The van der Waals surface area contributed by atoms with E-state index in [2.05, 4.69) is 5.32 Å². The van der Waals surface area contributed by atoms with Crippen LogP contribution in [0.15, 0.2) is 72.8 Å². The van der Waals surface area contributed by atoms with Crippen molar-refractivity contribution in [2.75, 3.05) is 6.61 Å². The highest BCUT2D eigenvalue weighted by molar-refractivity contribution is 5.79. The molecule has 6 nitrogen and oxygen atoms in total. The third-order valence-electron chi connectivity index (χ3n) is 5.28. The minimum absolute atomic E-state index is 0.0230. The van der Waals surface area contributed by atoms with Crippen molar-refractivity contribution >= 4 is 12.1 Å². The van der Waals surface area contributed by atoms with E-state index in [1.54, 1.807) is 12.1 Å². The number of carboxylic acid groups (broad SMARTS) is 1. The summed E-state index contributed by atoms with van der Waals surface area (Å²) < 4.78 is 5.48. The molecule has 6 heteroatoms. The number of phenolic OH excluding ortho intramolecular Hbond substituents is 1. The quantitative estimate of drug-likeness (QED) is 0.660. The first-order valence-corrected chi connectivity index (χ1v) is 9.63. The molecule has 1 amide bonds. The summed E-state index contributed by atoms with van der Waals surface area (Å²) in [6, 6.07) is 21.2. The normalized spacial score (nSPS) is 13.2. The van der Waals surface area contributed by atoms with Crippen molar-refractivity contribution in [3.8, 4) is 16.9 Å². The molecule has 0 aliphatic heterocycles. The van der Waals surface area contributed by atoms with Crippen LogP contribution in [0.5, 0.6) is 5.75 Å². The summed E-state index contributed by atoms with van der Waals surface area (Å²) in [5, 5.41) is 23.4. The van der Waals surface area contributed by atoms with Gasteiger partial charge < -0.3 is 25.1 Å². The Morgan fingerprint density at radius 2 is 1.60 bits per heavy atom. The number of ether oxygens (including phenoxy) is 1. The number of carbonyl (C=O) groups is 2. The molecule has 0 aromatic heterocycles. The second-order valence-electron chi connectivity index (χ2n) is 7.19. The number of amides is 1. The van der Waals surface area contributed by atoms with Crippen LogP contribution in [-0.2, 0) is 9.53 Å². The van der Waals surface area contributed by atoms with Crippen LogP contribution in [0, 0.1) is 0 Å². The molecule has 0 spiro atoms. The number of fused-ring (bicyclic) bond motifs is 3. The number of alkyl carbamates (subject to hydrolysis) is 1. The monoisotopic (exact) mass is 402 g/mol. The predicted octanol–water partition coefficient (Wildman–Crippen LogP) is 3.11. The largest absolute Gasteiger partial charge is 0.550 e. The first-order chi connectivity index (χ1) is 14.5. The standard InChI is InChI=1S/C24H21NO5/c26-16-7-5-6-15(12-16)22(13-23(27)28)25-24(29)30-14-21-19-10-3-1-8-17(19)18-9-2-4-11-20(18)21/h1-12,21-22,26H,13-14H2,(H,25,29)(H,27,28)/p-1/t22-/m0/s1. The maximum atomic E-state index is 12.5. The van der Waals surface area contributed by atoms with E-state index >= 15 is 0 Å². The van der Waals surface area contributed by atoms with E-state index in [1.165, 1.54) is 12.1 Å². The third-order valence-corrected chi connectivity index (χ3v) is 5.28. The Bertz CT molecular complexity index is 1050. The van der Waals surface area contributed by atoms with Crippen molar-refractivity contribution < 1.29 is 24.5 Å². The van der Waals surface area contributed by atoms with Gasteiger partial charge in [-0.2, -0.15) is 0 Å². The number of phenols is 1. The summed E-state index contributed by atoms with van der Waals surface area (Å²) in [6.45, 7) is 0.123. The number of carboxylic acids is 1. The molecule has 152 valence electrons. The third kappa shape index (κ3) is 3.98. The van der Waals surface area contributed by atoms with E-state index in [1.807, 2.05) is 48.5 Å². The van der Waals surface area contributed by atoms with Gasteiger partial charge in [-0.25, -0.2) is 4.79 Å². The van der Waals surface area contributed by atoms with Crippen LogP contribution in [0.4, 0.5) is 4.79 Å². The Morgan fingerprint density at radius 3 is 2.20 bits per heavy atom. The Balaban J connectivity index is 1.48. The molecule has 0 heterocycles. The molecule has 3 aromatic carbocycles. The van der Waals surface area contributed by atoms with Crippen molar-refractivity contribution in [3.05, 3.63) is 89.5 Å². The molecule has 1 atom stereocenters. The van der Waals surface area contributed by atoms with Gasteiger partial charge in [-0.1, -0.05) is 60.7 Å². The highest BCUT2D eigenvalue weighted by Crippen LogP contribution is 2.44. The van der Waals surface area contributed by atoms with Crippen LogP contribution >= 0.6 is 0 Å². The minimum Gasteiger partial charge on any atom is -0.550 e. The molecule has 0 saturated carbocycles. The highest BCUT2D eigenvalue weighted by atomic mass is 16.5. The van der Waals surface area contributed by atoms with Crippen molar-refractivity contribution in [1.29, 1.82) is 0 Å². The number of aromatic hydroxyl groups is 1. The molecule has 2 N–H and O–H groups in total. The molecule has 0 radical (unpaired) electrons. The molecule has 4 rings (SSSR count). The highest BCUT2D eigenvalue weighted by Gasteiger charge is 2.29. The van der Waals surface area contributed by atoms with Crippen molar-refractivity contribution in [3.63, 3.8) is 0 Å². The Labute approximate surface area is 173 Å². The fourth-order valence-corrected chi connectivity index (χ4v) is 3.94. The van der Waals surface area contributed by atoms with Gasteiger partial charge in [0.05, 0.1) is 6.04 Å². The Morgan fingerprint density at radius 1 is 0.967 bits per heavy atom. The van der Waals surface area contributed by atoms with Gasteiger partial charge in [-0.3, -0.25) is 0 Å². The van der Waals surface area contributed by atoms with Crippen LogP contribution in [-0.4, -0.2) is 23.8 Å². The van der Waals surface area contributed by atoms with E-state index < -0.39 is 24.5 Å². The number of hydrogen-bond donors (Lipinski definition) is 2. The topological polar surface area (TPSA) is 98.7 Å². The molecule has 1 aliphatic rings. The number of benzene rings is 3. The summed E-state index contributed by atoms with van der Waals surface area (Å²) in [7, 11) is 0. The van der Waals surface area contributed by atoms with Crippen LogP contribution < -0.4 is 10.4 Å². The first-order valence-electron chi connectivity index (χ1n) is 9.63. The van der Waals surface area contributed by atoms with Gasteiger partial charge >= 0.3 is 6.09 Å². The van der Waals surface area contributed by atoms with E-state index in [0.29, 0.717) is 5.56 Å². The lowest BCUT2D eigenvalue weighted by Gasteiger charge is -2.21. The molecule has 0 unspecified atom stereocenters. The van der Waals surface area contributed by atoms with E-state index in [9.17, 15) is 19.8 Å². The van der Waals surface area contributed by atoms with Gasteiger partial charge in [0.25, 0.3) is 0 Å². The minimum atomic E-state index is -1.32. The van der Waals surface area contributed by atoms with E-state index in [-0.39, 0.29) is 18.3 Å². The number of hydrogen-bond acceptors (Lipinski definition) is 5. The smallest absolute Gasteiger partial charge is 0.407 e. The lowest BCUT2D eigenvalue weighted by atomic mass is 9.98. The van der Waals surface area contributed by atoms with Gasteiger partial charge in [-0.15, -0.1) is 0 Å². The second kappa shape index (κ2) is 8.29. The average molecular weight is 402 g/mol. The van der Waals surface area contributed by atoms with Crippen LogP contribution in [0.3, 0.4) is 0 Å². The molecule has 1 aliphatic carbocycles. The molecular weight excluding hydrogens is 382 g/mol. The van der Waals surface area contributed by atoms with Crippen molar-refractivity contribution in [1.82, 2.24) is 5.32 Å².